The average molecular weight is 230 g/mol. The summed E-state index contributed by atoms with van der Waals surface area (Å²) in [6, 6.07) is 19.2. The molecule has 0 aliphatic carbocycles. The highest BCUT2D eigenvalue weighted by Gasteiger charge is 2.04. The lowest BCUT2D eigenvalue weighted by atomic mass is 9.86. The third-order valence-electron chi connectivity index (χ3n) is 3.14. The molecule has 0 heterocycles. The molecule has 0 aromatic heterocycles. The molecule has 3 aromatic carbocycles. The molecule has 2 radical (unpaired) electrons. The fraction of sp³-hybridized carbons (Fsp3) is 0. The van der Waals surface area contributed by atoms with E-state index in [9.17, 15) is 5.11 Å². The van der Waals surface area contributed by atoms with Gasteiger partial charge in [0, 0.05) is 0 Å². The summed E-state index contributed by atoms with van der Waals surface area (Å²) in [6.45, 7) is 0. The Kier molecular flexibility index (Phi) is 2.56. The Morgan fingerprint density at radius 3 is 2.11 bits per heavy atom. The van der Waals surface area contributed by atoms with Crippen LogP contribution in [0.1, 0.15) is 0 Å². The summed E-state index contributed by atoms with van der Waals surface area (Å²) < 4.78 is 0. The zero-order valence-electron chi connectivity index (χ0n) is 9.80. The Hall–Kier alpha value is -2.22. The number of rotatable bonds is 1. The van der Waals surface area contributed by atoms with Crippen molar-refractivity contribution >= 4 is 24.1 Å². The van der Waals surface area contributed by atoms with Crippen LogP contribution in [0.15, 0.2) is 60.7 Å². The van der Waals surface area contributed by atoms with Crippen LogP contribution in [0.25, 0.3) is 21.9 Å². The maximum absolute atomic E-state index is 9.34. The summed E-state index contributed by atoms with van der Waals surface area (Å²) in [4.78, 5) is 0. The Morgan fingerprint density at radius 1 is 0.722 bits per heavy atom. The molecule has 0 bridgehead atoms. The molecule has 2 heteroatoms. The van der Waals surface area contributed by atoms with E-state index in [0.717, 1.165) is 27.4 Å². The normalized spacial score (nSPS) is 10.7. The number of phenolic OH excluding ortho intramolecular Hbond substituents is 1. The van der Waals surface area contributed by atoms with E-state index in [0.29, 0.717) is 0 Å². The first-order chi connectivity index (χ1) is 8.75. The maximum atomic E-state index is 9.34. The molecule has 84 valence electrons. The largest absolute Gasteiger partial charge is 0.508 e. The van der Waals surface area contributed by atoms with Crippen LogP contribution >= 0.6 is 0 Å². The molecular formula is C16H11BO. The first-order valence-electron chi connectivity index (χ1n) is 5.82. The van der Waals surface area contributed by atoms with Crippen LogP contribution in [0, 0.1) is 0 Å². The number of aromatic hydroxyl groups is 1. The summed E-state index contributed by atoms with van der Waals surface area (Å²) in [5.74, 6) is 0.276. The van der Waals surface area contributed by atoms with E-state index >= 15 is 0 Å². The number of fused-ring (bicyclic) bond motifs is 1. The van der Waals surface area contributed by atoms with Gasteiger partial charge in [-0.15, -0.1) is 0 Å². The van der Waals surface area contributed by atoms with Crippen molar-refractivity contribution in [1.82, 2.24) is 0 Å². The number of hydrogen-bond donors (Lipinski definition) is 1. The van der Waals surface area contributed by atoms with Gasteiger partial charge in [0.25, 0.3) is 0 Å². The Balaban J connectivity index is 2.30. The number of hydrogen-bond acceptors (Lipinski definition) is 1. The first kappa shape index (κ1) is 10.9. The van der Waals surface area contributed by atoms with Crippen LogP contribution in [0.3, 0.4) is 0 Å². The van der Waals surface area contributed by atoms with E-state index in [1.165, 1.54) is 0 Å². The predicted molar refractivity (Wildman–Crippen MR) is 76.4 cm³/mol. The Labute approximate surface area is 107 Å². The van der Waals surface area contributed by atoms with E-state index in [4.69, 9.17) is 7.85 Å². The van der Waals surface area contributed by atoms with Gasteiger partial charge >= 0.3 is 0 Å². The third-order valence-corrected chi connectivity index (χ3v) is 3.14. The highest BCUT2D eigenvalue weighted by molar-refractivity contribution is 6.39. The first-order valence-corrected chi connectivity index (χ1v) is 5.82. The van der Waals surface area contributed by atoms with Crippen molar-refractivity contribution in [2.75, 3.05) is 0 Å². The third kappa shape index (κ3) is 1.76. The molecule has 0 saturated heterocycles. The van der Waals surface area contributed by atoms with Crippen LogP contribution in [-0.4, -0.2) is 13.0 Å². The second-order valence-corrected chi connectivity index (χ2v) is 4.29. The molecule has 0 aliphatic heterocycles. The fourth-order valence-corrected chi connectivity index (χ4v) is 2.22. The minimum absolute atomic E-state index is 0.276. The van der Waals surface area contributed by atoms with Crippen LogP contribution in [-0.2, 0) is 0 Å². The highest BCUT2D eigenvalue weighted by Crippen LogP contribution is 2.28. The van der Waals surface area contributed by atoms with E-state index in [-0.39, 0.29) is 5.75 Å². The molecule has 0 amide bonds. The van der Waals surface area contributed by atoms with Gasteiger partial charge in [0.15, 0.2) is 0 Å². The van der Waals surface area contributed by atoms with Gasteiger partial charge in [-0.05, 0) is 34.0 Å². The highest BCUT2D eigenvalue weighted by atomic mass is 16.3. The summed E-state index contributed by atoms with van der Waals surface area (Å²) in [5.41, 5.74) is 2.98. The summed E-state index contributed by atoms with van der Waals surface area (Å²) >= 11 is 0. The molecular weight excluding hydrogens is 219 g/mol. The summed E-state index contributed by atoms with van der Waals surface area (Å²) in [5, 5.41) is 11.5. The van der Waals surface area contributed by atoms with Gasteiger partial charge in [-0.25, -0.2) is 0 Å². The molecule has 18 heavy (non-hydrogen) atoms. The van der Waals surface area contributed by atoms with E-state index in [1.807, 2.05) is 42.5 Å². The Bertz CT molecular complexity index is 702. The summed E-state index contributed by atoms with van der Waals surface area (Å²) in [7, 11) is 5.99. The molecule has 3 rings (SSSR count). The van der Waals surface area contributed by atoms with Gasteiger partial charge < -0.3 is 5.11 Å². The monoisotopic (exact) mass is 230 g/mol. The zero-order valence-corrected chi connectivity index (χ0v) is 9.80. The van der Waals surface area contributed by atoms with E-state index < -0.39 is 0 Å². The van der Waals surface area contributed by atoms with Gasteiger partial charge in [-0.2, -0.15) is 0 Å². The molecule has 0 saturated carbocycles. The van der Waals surface area contributed by atoms with Crippen LogP contribution in [0.2, 0.25) is 0 Å². The second kappa shape index (κ2) is 4.23. The van der Waals surface area contributed by atoms with Gasteiger partial charge in [0.2, 0.25) is 0 Å². The zero-order chi connectivity index (χ0) is 12.5. The topological polar surface area (TPSA) is 20.2 Å². The lowest BCUT2D eigenvalue weighted by Gasteiger charge is -2.09. The van der Waals surface area contributed by atoms with E-state index in [1.54, 1.807) is 12.1 Å². The van der Waals surface area contributed by atoms with Crippen molar-refractivity contribution < 1.29 is 5.11 Å². The second-order valence-electron chi connectivity index (χ2n) is 4.29. The van der Waals surface area contributed by atoms with Crippen molar-refractivity contribution in [1.29, 1.82) is 0 Å². The van der Waals surface area contributed by atoms with Crippen molar-refractivity contribution in [3.05, 3.63) is 60.7 Å². The average Bonchev–Trinajstić information content (AvgIpc) is 2.41. The molecule has 0 spiro atoms. The van der Waals surface area contributed by atoms with E-state index in [2.05, 4.69) is 6.07 Å². The molecule has 0 atom stereocenters. The minimum Gasteiger partial charge on any atom is -0.508 e. The van der Waals surface area contributed by atoms with Crippen molar-refractivity contribution in [2.45, 2.75) is 0 Å². The van der Waals surface area contributed by atoms with Gasteiger partial charge in [-0.3, -0.25) is 0 Å². The number of benzene rings is 3. The molecule has 1 nitrogen and oxygen atoms in total. The van der Waals surface area contributed by atoms with Crippen LogP contribution in [0.5, 0.6) is 5.75 Å². The molecule has 1 N–H and O–H groups in total. The lowest BCUT2D eigenvalue weighted by Crippen LogP contribution is -2.03. The molecule has 0 fully saturated rings. The minimum atomic E-state index is 0.276. The van der Waals surface area contributed by atoms with Crippen LogP contribution < -0.4 is 5.46 Å². The SMILES string of the molecule is [B]c1ccc(-c2ccc(O)cc2)c2ccccc12. The van der Waals surface area contributed by atoms with Crippen molar-refractivity contribution in [3.8, 4) is 16.9 Å². The molecule has 3 aromatic rings. The van der Waals surface area contributed by atoms with Crippen LogP contribution in [0.4, 0.5) is 0 Å². The predicted octanol–water partition coefficient (Wildman–Crippen LogP) is 3.01. The smallest absolute Gasteiger partial charge is 0.115 e. The van der Waals surface area contributed by atoms with Gasteiger partial charge in [-0.1, -0.05) is 54.0 Å². The fourth-order valence-electron chi connectivity index (χ4n) is 2.22. The number of phenols is 1. The quantitative estimate of drug-likeness (QED) is 0.637. The van der Waals surface area contributed by atoms with Gasteiger partial charge in [0.1, 0.15) is 13.6 Å². The van der Waals surface area contributed by atoms with Crippen molar-refractivity contribution in [2.24, 2.45) is 0 Å². The molecule has 0 unspecified atom stereocenters. The maximum Gasteiger partial charge on any atom is 0.115 e. The summed E-state index contributed by atoms with van der Waals surface area (Å²) in [6.07, 6.45) is 0. The Morgan fingerprint density at radius 2 is 1.39 bits per heavy atom. The van der Waals surface area contributed by atoms with Gasteiger partial charge in [0.05, 0.1) is 0 Å². The van der Waals surface area contributed by atoms with Crippen molar-refractivity contribution in [3.63, 3.8) is 0 Å². The molecule has 0 aliphatic rings. The standard InChI is InChI=1S/C16H11BO/c17-16-10-9-13(11-5-7-12(18)8-6-11)14-3-1-2-4-15(14)16/h1-10,18H. The lowest BCUT2D eigenvalue weighted by molar-refractivity contribution is 0.475.